The summed E-state index contributed by atoms with van der Waals surface area (Å²) < 4.78 is 5.46. The van der Waals surface area contributed by atoms with E-state index < -0.39 is 0 Å². The number of methoxy groups -OCH3 is 1. The average molecular weight is 308 g/mol. The van der Waals surface area contributed by atoms with Gasteiger partial charge in [0.05, 0.1) is 7.11 Å². The molecule has 5 nitrogen and oxygen atoms in total. The number of guanidine groups is 1. The zero-order valence-electron chi connectivity index (χ0n) is 13.0. The zero-order valence-corrected chi connectivity index (χ0v) is 13.8. The summed E-state index contributed by atoms with van der Waals surface area (Å²) in [6.45, 7) is 3.96. The van der Waals surface area contributed by atoms with E-state index in [1.165, 1.54) is 18.6 Å². The minimum Gasteiger partial charge on any atom is -0.481 e. The van der Waals surface area contributed by atoms with Crippen molar-refractivity contribution in [3.05, 3.63) is 23.9 Å². The Balaban J connectivity index is 1.82. The number of aromatic nitrogens is 1. The second kappa shape index (κ2) is 7.54. The summed E-state index contributed by atoms with van der Waals surface area (Å²) in [7, 11) is 3.42. The molecule has 1 fully saturated rings. The first kappa shape index (κ1) is 15.9. The van der Waals surface area contributed by atoms with Crippen LogP contribution in [-0.4, -0.2) is 42.1 Å². The van der Waals surface area contributed by atoms with E-state index >= 15 is 0 Å². The number of nitrogens with zero attached hydrogens (tertiary/aromatic N) is 2. The van der Waals surface area contributed by atoms with Crippen LogP contribution >= 0.6 is 11.8 Å². The van der Waals surface area contributed by atoms with E-state index in [0.717, 1.165) is 18.1 Å². The first-order valence-electron chi connectivity index (χ1n) is 7.22. The maximum Gasteiger partial charge on any atom is 0.213 e. The van der Waals surface area contributed by atoms with Crippen molar-refractivity contribution in [2.45, 2.75) is 31.1 Å². The minimum absolute atomic E-state index is 0.331. The largest absolute Gasteiger partial charge is 0.481 e. The summed E-state index contributed by atoms with van der Waals surface area (Å²) in [5, 5.41) is 6.75. The Labute approximate surface area is 131 Å². The van der Waals surface area contributed by atoms with Crippen LogP contribution in [0.2, 0.25) is 0 Å². The topological polar surface area (TPSA) is 58.5 Å². The molecule has 0 saturated carbocycles. The van der Waals surface area contributed by atoms with E-state index in [1.807, 2.05) is 23.9 Å². The molecule has 1 unspecified atom stereocenters. The highest BCUT2D eigenvalue weighted by atomic mass is 32.2. The number of ether oxygens (including phenoxy) is 1. The maximum atomic E-state index is 5.13. The van der Waals surface area contributed by atoms with Gasteiger partial charge in [0, 0.05) is 37.1 Å². The smallest absolute Gasteiger partial charge is 0.213 e. The molecule has 0 amide bonds. The Morgan fingerprint density at radius 2 is 2.38 bits per heavy atom. The quantitative estimate of drug-likeness (QED) is 0.644. The molecule has 1 aromatic rings. The van der Waals surface area contributed by atoms with Crippen LogP contribution in [0.25, 0.3) is 0 Å². The van der Waals surface area contributed by atoms with Crippen molar-refractivity contribution in [3.63, 3.8) is 0 Å². The number of aliphatic imine (C=N–C) groups is 1. The fourth-order valence-corrected chi connectivity index (χ4v) is 3.57. The van der Waals surface area contributed by atoms with Gasteiger partial charge in [-0.05, 0) is 37.1 Å². The maximum absolute atomic E-state index is 5.13. The molecule has 1 aromatic heterocycles. The lowest BCUT2D eigenvalue weighted by molar-refractivity contribution is 0.397. The molecular formula is C15H24N4OS. The average Bonchev–Trinajstić information content (AvgIpc) is 2.95. The molecule has 2 heterocycles. The third kappa shape index (κ3) is 4.81. The van der Waals surface area contributed by atoms with Gasteiger partial charge in [-0.3, -0.25) is 4.99 Å². The SMILES string of the molecule is CN=C(NCc1ccnc(OC)c1)NCC1(C)CCCS1. The highest BCUT2D eigenvalue weighted by molar-refractivity contribution is 8.00. The molecule has 0 aromatic carbocycles. The molecule has 1 aliphatic heterocycles. The Bertz CT molecular complexity index is 486. The van der Waals surface area contributed by atoms with Crippen LogP contribution in [0.4, 0.5) is 0 Å². The zero-order chi connectivity index (χ0) is 15.1. The van der Waals surface area contributed by atoms with Gasteiger partial charge in [0.15, 0.2) is 5.96 Å². The summed E-state index contributed by atoms with van der Waals surface area (Å²) in [5.74, 6) is 2.73. The van der Waals surface area contributed by atoms with Gasteiger partial charge < -0.3 is 15.4 Å². The molecule has 0 radical (unpaired) electrons. The summed E-state index contributed by atoms with van der Waals surface area (Å²) in [6, 6.07) is 3.89. The first-order chi connectivity index (χ1) is 10.1. The van der Waals surface area contributed by atoms with Crippen LogP contribution in [0.3, 0.4) is 0 Å². The molecule has 21 heavy (non-hydrogen) atoms. The third-order valence-electron chi connectivity index (χ3n) is 3.62. The van der Waals surface area contributed by atoms with Gasteiger partial charge in [0.1, 0.15) is 0 Å². The van der Waals surface area contributed by atoms with Crippen LogP contribution in [-0.2, 0) is 6.54 Å². The highest BCUT2D eigenvalue weighted by Gasteiger charge is 2.29. The van der Waals surface area contributed by atoms with Gasteiger partial charge in [-0.25, -0.2) is 4.98 Å². The molecular weight excluding hydrogens is 284 g/mol. The Kier molecular flexibility index (Phi) is 5.73. The fraction of sp³-hybridized carbons (Fsp3) is 0.600. The Morgan fingerprint density at radius 1 is 1.52 bits per heavy atom. The number of pyridine rings is 1. The van der Waals surface area contributed by atoms with Crippen LogP contribution < -0.4 is 15.4 Å². The number of nitrogens with one attached hydrogen (secondary N) is 2. The van der Waals surface area contributed by atoms with Crippen LogP contribution in [0, 0.1) is 0 Å². The van der Waals surface area contributed by atoms with Gasteiger partial charge in [0.25, 0.3) is 0 Å². The van der Waals surface area contributed by atoms with Gasteiger partial charge in [-0.15, -0.1) is 0 Å². The standard InChI is InChI=1S/C15H24N4OS/c1-15(6-4-8-21-15)11-19-14(16-2)18-10-12-5-7-17-13(9-12)20-3/h5,7,9H,4,6,8,10-11H2,1-3H3,(H2,16,18,19). The van der Waals surface area contributed by atoms with Crippen LogP contribution in [0.15, 0.2) is 23.3 Å². The van der Waals surface area contributed by atoms with E-state index in [9.17, 15) is 0 Å². The second-order valence-corrected chi connectivity index (χ2v) is 7.07. The normalized spacial score (nSPS) is 22.1. The highest BCUT2D eigenvalue weighted by Crippen LogP contribution is 2.36. The number of rotatable bonds is 5. The van der Waals surface area contributed by atoms with Gasteiger partial charge in [-0.2, -0.15) is 11.8 Å². The van der Waals surface area contributed by atoms with Crippen molar-refractivity contribution in [1.82, 2.24) is 15.6 Å². The van der Waals surface area contributed by atoms with E-state index in [-0.39, 0.29) is 0 Å². The second-order valence-electron chi connectivity index (χ2n) is 5.39. The Morgan fingerprint density at radius 3 is 3.05 bits per heavy atom. The molecule has 0 spiro atoms. The van der Waals surface area contributed by atoms with E-state index in [4.69, 9.17) is 4.74 Å². The predicted molar refractivity (Wildman–Crippen MR) is 89.1 cm³/mol. The molecule has 6 heteroatoms. The van der Waals surface area contributed by atoms with Crippen molar-refractivity contribution < 1.29 is 4.74 Å². The van der Waals surface area contributed by atoms with Crippen molar-refractivity contribution >= 4 is 17.7 Å². The minimum atomic E-state index is 0.331. The van der Waals surface area contributed by atoms with E-state index in [1.54, 1.807) is 20.4 Å². The molecule has 116 valence electrons. The van der Waals surface area contributed by atoms with Gasteiger partial charge in [0.2, 0.25) is 5.88 Å². The Hall–Kier alpha value is -1.43. The predicted octanol–water partition coefficient (Wildman–Crippen LogP) is 2.04. The summed E-state index contributed by atoms with van der Waals surface area (Å²) in [5.41, 5.74) is 1.12. The first-order valence-corrected chi connectivity index (χ1v) is 8.21. The van der Waals surface area contributed by atoms with Gasteiger partial charge in [-0.1, -0.05) is 0 Å². The number of hydrogen-bond donors (Lipinski definition) is 2. The number of hydrogen-bond acceptors (Lipinski definition) is 4. The lowest BCUT2D eigenvalue weighted by Crippen LogP contribution is -2.43. The third-order valence-corrected chi connectivity index (χ3v) is 5.16. The number of thioether (sulfide) groups is 1. The fourth-order valence-electron chi connectivity index (χ4n) is 2.33. The summed E-state index contributed by atoms with van der Waals surface area (Å²) in [4.78, 5) is 8.38. The molecule has 2 rings (SSSR count). The van der Waals surface area contributed by atoms with Crippen molar-refractivity contribution in [1.29, 1.82) is 0 Å². The lowest BCUT2D eigenvalue weighted by Gasteiger charge is -2.24. The van der Waals surface area contributed by atoms with Crippen molar-refractivity contribution in [2.75, 3.05) is 26.5 Å². The van der Waals surface area contributed by atoms with Crippen molar-refractivity contribution in [3.8, 4) is 5.88 Å². The monoisotopic (exact) mass is 308 g/mol. The molecule has 1 aliphatic rings. The summed E-state index contributed by atoms with van der Waals surface area (Å²) >= 11 is 2.05. The molecule has 1 atom stereocenters. The molecule has 2 N–H and O–H groups in total. The molecule has 1 saturated heterocycles. The van der Waals surface area contributed by atoms with Crippen molar-refractivity contribution in [2.24, 2.45) is 4.99 Å². The lowest BCUT2D eigenvalue weighted by atomic mass is 10.1. The van der Waals surface area contributed by atoms with Crippen LogP contribution in [0.1, 0.15) is 25.3 Å². The van der Waals surface area contributed by atoms with Crippen LogP contribution in [0.5, 0.6) is 5.88 Å². The molecule has 0 aliphatic carbocycles. The van der Waals surface area contributed by atoms with Gasteiger partial charge >= 0.3 is 0 Å². The summed E-state index contributed by atoms with van der Waals surface area (Å²) in [6.07, 6.45) is 4.33. The van der Waals surface area contributed by atoms with E-state index in [2.05, 4.69) is 27.5 Å². The molecule has 0 bridgehead atoms. The van der Waals surface area contributed by atoms with E-state index in [0.29, 0.717) is 17.2 Å².